The average molecular weight is 325 g/mol. The number of nitrogens with zero attached hydrogens (tertiary/aromatic N) is 4. The number of aromatic nitrogens is 4. The highest BCUT2D eigenvalue weighted by Gasteiger charge is 2.07. The number of tetrazole rings is 1. The van der Waals surface area contributed by atoms with Gasteiger partial charge in [-0.05, 0) is 41.6 Å². The maximum Gasteiger partial charge on any atom is 0.205 e. The van der Waals surface area contributed by atoms with E-state index in [4.69, 9.17) is 10.5 Å². The molecule has 122 valence electrons. The van der Waals surface area contributed by atoms with Crippen LogP contribution in [0.5, 0.6) is 5.75 Å². The van der Waals surface area contributed by atoms with E-state index in [1.807, 2.05) is 42.5 Å². The molecule has 0 saturated carbocycles. The lowest BCUT2D eigenvalue weighted by Crippen LogP contribution is -2.10. The van der Waals surface area contributed by atoms with Gasteiger partial charge in [-0.25, -0.2) is 4.39 Å². The fraction of sp³-hybridized carbons (Fsp3) is 0.118. The number of hydrogen-bond acceptors (Lipinski definition) is 5. The van der Waals surface area contributed by atoms with E-state index in [1.54, 1.807) is 12.1 Å². The number of hydrogen-bond donors (Lipinski definition) is 1. The van der Waals surface area contributed by atoms with Crippen LogP contribution in [0.4, 0.5) is 4.39 Å². The standard InChI is InChI=1S/C17H16FN5O/c18-10-13(11-19)12-24-16-8-6-14(7-9-16)17-20-22-23(21-17)15-4-2-1-3-5-15/h1-10H,11-12,19H2/b13-10-. The lowest BCUT2D eigenvalue weighted by Gasteiger charge is -2.07. The predicted molar refractivity (Wildman–Crippen MR) is 88.3 cm³/mol. The van der Waals surface area contributed by atoms with Crippen LogP contribution in [0.1, 0.15) is 0 Å². The van der Waals surface area contributed by atoms with Crippen molar-refractivity contribution >= 4 is 0 Å². The number of para-hydroxylation sites is 1. The van der Waals surface area contributed by atoms with Gasteiger partial charge in [0.1, 0.15) is 12.4 Å². The van der Waals surface area contributed by atoms with E-state index in [9.17, 15) is 4.39 Å². The summed E-state index contributed by atoms with van der Waals surface area (Å²) in [7, 11) is 0. The highest BCUT2D eigenvalue weighted by molar-refractivity contribution is 5.55. The van der Waals surface area contributed by atoms with Crippen LogP contribution in [0.15, 0.2) is 66.5 Å². The Balaban J connectivity index is 1.71. The molecule has 3 aromatic rings. The Morgan fingerprint density at radius 3 is 2.54 bits per heavy atom. The Bertz CT molecular complexity index is 815. The molecule has 1 aromatic heterocycles. The quantitative estimate of drug-likeness (QED) is 0.753. The van der Waals surface area contributed by atoms with Gasteiger partial charge in [0, 0.05) is 17.7 Å². The fourth-order valence-corrected chi connectivity index (χ4v) is 2.01. The van der Waals surface area contributed by atoms with Crippen molar-refractivity contribution in [3.8, 4) is 22.8 Å². The third-order valence-electron chi connectivity index (χ3n) is 3.35. The Hall–Kier alpha value is -3.06. The molecule has 0 aliphatic rings. The van der Waals surface area contributed by atoms with Gasteiger partial charge in [-0.2, -0.15) is 0 Å². The van der Waals surface area contributed by atoms with E-state index in [-0.39, 0.29) is 13.2 Å². The zero-order chi connectivity index (χ0) is 16.8. The van der Waals surface area contributed by atoms with Crippen LogP contribution in [0.3, 0.4) is 0 Å². The van der Waals surface area contributed by atoms with Gasteiger partial charge in [0.25, 0.3) is 0 Å². The molecule has 0 aliphatic carbocycles. The van der Waals surface area contributed by atoms with Gasteiger partial charge in [-0.1, -0.05) is 18.2 Å². The predicted octanol–water partition coefficient (Wildman–Crippen LogP) is 2.52. The van der Waals surface area contributed by atoms with Gasteiger partial charge in [0.2, 0.25) is 5.82 Å². The minimum absolute atomic E-state index is 0.120. The van der Waals surface area contributed by atoms with E-state index in [1.165, 1.54) is 4.80 Å². The van der Waals surface area contributed by atoms with Crippen molar-refractivity contribution < 1.29 is 9.13 Å². The maximum atomic E-state index is 12.4. The first-order valence-electron chi connectivity index (χ1n) is 7.37. The molecular weight excluding hydrogens is 309 g/mol. The molecule has 6 nitrogen and oxygen atoms in total. The highest BCUT2D eigenvalue weighted by Crippen LogP contribution is 2.19. The SMILES string of the molecule is NC/C(=C/F)COc1ccc(-c2nnn(-c3ccccc3)n2)cc1. The van der Waals surface area contributed by atoms with Crippen molar-refractivity contribution in [3.63, 3.8) is 0 Å². The van der Waals surface area contributed by atoms with E-state index in [0.29, 0.717) is 23.5 Å². The van der Waals surface area contributed by atoms with Crippen LogP contribution in [-0.2, 0) is 0 Å². The summed E-state index contributed by atoms with van der Waals surface area (Å²) in [6.45, 7) is 0.246. The molecule has 0 spiro atoms. The van der Waals surface area contributed by atoms with Gasteiger partial charge in [-0.15, -0.1) is 15.0 Å². The molecule has 0 amide bonds. The van der Waals surface area contributed by atoms with Crippen LogP contribution < -0.4 is 10.5 Å². The average Bonchev–Trinajstić information content (AvgIpc) is 3.14. The second-order valence-electron chi connectivity index (χ2n) is 5.02. The summed E-state index contributed by atoms with van der Waals surface area (Å²) >= 11 is 0. The molecule has 2 N–H and O–H groups in total. The summed E-state index contributed by atoms with van der Waals surface area (Å²) in [4.78, 5) is 1.47. The summed E-state index contributed by atoms with van der Waals surface area (Å²) in [5.41, 5.74) is 7.43. The number of nitrogens with two attached hydrogens (primary N) is 1. The van der Waals surface area contributed by atoms with Crippen molar-refractivity contribution in [2.24, 2.45) is 5.73 Å². The van der Waals surface area contributed by atoms with Gasteiger partial charge in [-0.3, -0.25) is 0 Å². The van der Waals surface area contributed by atoms with Crippen LogP contribution in [-0.4, -0.2) is 33.4 Å². The summed E-state index contributed by atoms with van der Waals surface area (Å²) in [5, 5.41) is 12.5. The van der Waals surface area contributed by atoms with Gasteiger partial charge in [0.05, 0.1) is 12.0 Å². The van der Waals surface area contributed by atoms with E-state index in [2.05, 4.69) is 15.4 Å². The zero-order valence-corrected chi connectivity index (χ0v) is 12.8. The lowest BCUT2D eigenvalue weighted by atomic mass is 10.2. The molecule has 0 atom stereocenters. The van der Waals surface area contributed by atoms with E-state index >= 15 is 0 Å². The molecule has 0 bridgehead atoms. The molecule has 0 fully saturated rings. The van der Waals surface area contributed by atoms with E-state index in [0.717, 1.165) is 11.3 Å². The largest absolute Gasteiger partial charge is 0.489 e. The molecular formula is C17H16FN5O. The third-order valence-corrected chi connectivity index (χ3v) is 3.35. The molecule has 24 heavy (non-hydrogen) atoms. The summed E-state index contributed by atoms with van der Waals surface area (Å²) in [5.74, 6) is 1.12. The van der Waals surface area contributed by atoms with Crippen LogP contribution in [0, 0.1) is 0 Å². The summed E-state index contributed by atoms with van der Waals surface area (Å²) in [6, 6.07) is 16.7. The smallest absolute Gasteiger partial charge is 0.205 e. The van der Waals surface area contributed by atoms with Crippen molar-refractivity contribution in [3.05, 3.63) is 66.5 Å². The monoisotopic (exact) mass is 325 g/mol. The minimum atomic E-state index is 0.120. The second-order valence-corrected chi connectivity index (χ2v) is 5.02. The summed E-state index contributed by atoms with van der Waals surface area (Å²) < 4.78 is 17.9. The Morgan fingerprint density at radius 2 is 1.88 bits per heavy atom. The Labute approximate surface area is 138 Å². The highest BCUT2D eigenvalue weighted by atomic mass is 19.1. The van der Waals surface area contributed by atoms with Crippen LogP contribution >= 0.6 is 0 Å². The first kappa shape index (κ1) is 15.8. The van der Waals surface area contributed by atoms with E-state index < -0.39 is 0 Å². The molecule has 3 rings (SSSR count). The van der Waals surface area contributed by atoms with Crippen molar-refractivity contribution in [2.45, 2.75) is 0 Å². The molecule has 0 unspecified atom stereocenters. The van der Waals surface area contributed by atoms with Crippen molar-refractivity contribution in [2.75, 3.05) is 13.2 Å². The van der Waals surface area contributed by atoms with Gasteiger partial charge < -0.3 is 10.5 Å². The maximum absolute atomic E-state index is 12.4. The number of benzene rings is 2. The van der Waals surface area contributed by atoms with Crippen molar-refractivity contribution in [1.29, 1.82) is 0 Å². The van der Waals surface area contributed by atoms with Crippen LogP contribution in [0.2, 0.25) is 0 Å². The molecule has 1 heterocycles. The molecule has 7 heteroatoms. The molecule has 0 aliphatic heterocycles. The van der Waals surface area contributed by atoms with Crippen molar-refractivity contribution in [1.82, 2.24) is 20.2 Å². The second kappa shape index (κ2) is 7.47. The fourth-order valence-electron chi connectivity index (χ4n) is 2.01. The lowest BCUT2D eigenvalue weighted by molar-refractivity contribution is 0.347. The third kappa shape index (κ3) is 3.64. The normalized spacial score (nSPS) is 11.5. The Morgan fingerprint density at radius 1 is 1.12 bits per heavy atom. The first-order chi connectivity index (χ1) is 11.8. The van der Waals surface area contributed by atoms with Gasteiger partial charge >= 0.3 is 0 Å². The topological polar surface area (TPSA) is 78.9 Å². The minimum Gasteiger partial charge on any atom is -0.489 e. The molecule has 0 radical (unpaired) electrons. The first-order valence-corrected chi connectivity index (χ1v) is 7.37. The number of rotatable bonds is 6. The molecule has 2 aromatic carbocycles. The number of ether oxygens (including phenoxy) is 1. The zero-order valence-electron chi connectivity index (χ0n) is 12.8. The number of halogens is 1. The molecule has 0 saturated heterocycles. The Kier molecular flexibility index (Phi) is 4.93. The summed E-state index contributed by atoms with van der Waals surface area (Å²) in [6.07, 6.45) is 0.472. The van der Waals surface area contributed by atoms with Crippen LogP contribution in [0.25, 0.3) is 17.1 Å². The van der Waals surface area contributed by atoms with Gasteiger partial charge in [0.15, 0.2) is 0 Å².